The maximum absolute atomic E-state index is 12.3. The van der Waals surface area contributed by atoms with Crippen LogP contribution < -0.4 is 5.32 Å². The molecular formula is C15H16N4O5S. The minimum absolute atomic E-state index is 0.0312. The lowest BCUT2D eigenvalue weighted by atomic mass is 10.2. The average Bonchev–Trinajstić information content (AvgIpc) is 2.57. The van der Waals surface area contributed by atoms with E-state index in [2.05, 4.69) is 10.3 Å². The maximum atomic E-state index is 12.3. The van der Waals surface area contributed by atoms with Crippen molar-refractivity contribution in [1.29, 1.82) is 0 Å². The Labute approximate surface area is 144 Å². The summed E-state index contributed by atoms with van der Waals surface area (Å²) < 4.78 is 25.5. The zero-order chi connectivity index (χ0) is 18.6. The Kier molecular flexibility index (Phi) is 5.45. The van der Waals surface area contributed by atoms with Crippen LogP contribution in [0, 0.1) is 17.0 Å². The number of amides is 1. The molecule has 0 aliphatic carbocycles. The molecule has 25 heavy (non-hydrogen) atoms. The quantitative estimate of drug-likeness (QED) is 0.613. The highest BCUT2D eigenvalue weighted by atomic mass is 32.2. The number of pyridine rings is 1. The van der Waals surface area contributed by atoms with Gasteiger partial charge < -0.3 is 5.32 Å². The molecule has 0 radical (unpaired) electrons. The lowest BCUT2D eigenvalue weighted by Crippen LogP contribution is -2.35. The van der Waals surface area contributed by atoms with Crippen LogP contribution >= 0.6 is 0 Å². The van der Waals surface area contributed by atoms with Gasteiger partial charge in [0.25, 0.3) is 5.69 Å². The number of sulfonamides is 1. The van der Waals surface area contributed by atoms with Gasteiger partial charge in [0.15, 0.2) is 0 Å². The molecule has 0 aliphatic heterocycles. The summed E-state index contributed by atoms with van der Waals surface area (Å²) in [5, 5.41) is 13.4. The number of hydrogen-bond donors (Lipinski definition) is 1. The number of likely N-dealkylation sites (N-methyl/N-ethyl adjacent to an activating group) is 1. The molecule has 2 aromatic rings. The van der Waals surface area contributed by atoms with Crippen molar-refractivity contribution in [2.24, 2.45) is 0 Å². The maximum Gasteiger partial charge on any atom is 0.274 e. The summed E-state index contributed by atoms with van der Waals surface area (Å²) in [4.78, 5) is 26.2. The number of carbonyl (C=O) groups is 1. The number of rotatable bonds is 6. The summed E-state index contributed by atoms with van der Waals surface area (Å²) in [5.74, 6) is -0.617. The second kappa shape index (κ2) is 7.36. The molecule has 1 aromatic carbocycles. The summed E-state index contributed by atoms with van der Waals surface area (Å²) >= 11 is 0. The smallest absolute Gasteiger partial charge is 0.274 e. The van der Waals surface area contributed by atoms with E-state index in [1.165, 1.54) is 49.8 Å². The molecule has 1 aromatic heterocycles. The van der Waals surface area contributed by atoms with Crippen LogP contribution in [0.5, 0.6) is 0 Å². The van der Waals surface area contributed by atoms with E-state index in [4.69, 9.17) is 0 Å². The fourth-order valence-electron chi connectivity index (χ4n) is 2.05. The van der Waals surface area contributed by atoms with Crippen molar-refractivity contribution in [1.82, 2.24) is 9.29 Å². The van der Waals surface area contributed by atoms with Crippen molar-refractivity contribution in [3.05, 3.63) is 58.4 Å². The summed E-state index contributed by atoms with van der Waals surface area (Å²) in [7, 11) is -2.59. The zero-order valence-corrected chi connectivity index (χ0v) is 14.4. The van der Waals surface area contributed by atoms with Crippen LogP contribution in [0.4, 0.5) is 11.4 Å². The molecule has 0 fully saturated rings. The Hall–Kier alpha value is -2.85. The highest BCUT2D eigenvalue weighted by Gasteiger charge is 2.23. The van der Waals surface area contributed by atoms with E-state index in [0.717, 1.165) is 4.31 Å². The first-order valence-electron chi connectivity index (χ1n) is 7.13. The second-order valence-electron chi connectivity index (χ2n) is 5.26. The van der Waals surface area contributed by atoms with Gasteiger partial charge in [-0.1, -0.05) is 6.07 Å². The minimum atomic E-state index is -3.85. The fourth-order valence-corrected chi connectivity index (χ4v) is 3.14. The van der Waals surface area contributed by atoms with E-state index in [-0.39, 0.29) is 16.3 Å². The van der Waals surface area contributed by atoms with Gasteiger partial charge in [0.05, 0.1) is 11.5 Å². The number of nitrogens with zero attached hydrogens (tertiary/aromatic N) is 3. The largest absolute Gasteiger partial charge is 0.325 e. The highest BCUT2D eigenvalue weighted by molar-refractivity contribution is 7.89. The molecule has 0 unspecified atom stereocenters. The van der Waals surface area contributed by atoms with Crippen molar-refractivity contribution < 1.29 is 18.1 Å². The number of nitro benzene ring substituents is 1. The normalized spacial score (nSPS) is 11.3. The van der Waals surface area contributed by atoms with Crippen LogP contribution in [0.15, 0.2) is 47.6 Å². The van der Waals surface area contributed by atoms with Crippen LogP contribution in [0.3, 0.4) is 0 Å². The Morgan fingerprint density at radius 2 is 2.08 bits per heavy atom. The lowest BCUT2D eigenvalue weighted by molar-refractivity contribution is -0.385. The van der Waals surface area contributed by atoms with E-state index in [1.807, 2.05) is 0 Å². The van der Waals surface area contributed by atoms with E-state index in [1.54, 1.807) is 6.92 Å². The predicted molar refractivity (Wildman–Crippen MR) is 90.5 cm³/mol. The van der Waals surface area contributed by atoms with Gasteiger partial charge in [-0.2, -0.15) is 4.31 Å². The van der Waals surface area contributed by atoms with Crippen molar-refractivity contribution >= 4 is 27.3 Å². The number of nitro groups is 1. The summed E-state index contributed by atoms with van der Waals surface area (Å²) in [6.45, 7) is 1.14. The number of nitrogens with one attached hydrogen (secondary N) is 1. The standard InChI is InChI=1S/C15H16N4O5S/c1-11-5-6-12(8-14(11)19(21)22)17-15(20)10-18(2)25(23,24)13-4-3-7-16-9-13/h3-9H,10H2,1-2H3,(H,17,20). The summed E-state index contributed by atoms with van der Waals surface area (Å²) in [5.41, 5.74) is 0.544. The van der Waals surface area contributed by atoms with Gasteiger partial charge in [0, 0.05) is 36.8 Å². The van der Waals surface area contributed by atoms with Crippen LogP contribution in [-0.4, -0.2) is 42.1 Å². The molecule has 9 nitrogen and oxygen atoms in total. The van der Waals surface area contributed by atoms with Gasteiger partial charge in [0.2, 0.25) is 15.9 Å². The molecule has 1 heterocycles. The van der Waals surface area contributed by atoms with Crippen molar-refractivity contribution in [3.63, 3.8) is 0 Å². The Bertz CT molecular complexity index is 899. The van der Waals surface area contributed by atoms with Crippen LogP contribution in [0.25, 0.3) is 0 Å². The first-order valence-corrected chi connectivity index (χ1v) is 8.57. The molecule has 0 spiro atoms. The van der Waals surface area contributed by atoms with E-state index in [9.17, 15) is 23.3 Å². The monoisotopic (exact) mass is 364 g/mol. The van der Waals surface area contributed by atoms with E-state index >= 15 is 0 Å². The Morgan fingerprint density at radius 3 is 2.68 bits per heavy atom. The Morgan fingerprint density at radius 1 is 1.36 bits per heavy atom. The Balaban J connectivity index is 2.10. The number of carbonyl (C=O) groups excluding carboxylic acids is 1. The fraction of sp³-hybridized carbons (Fsp3) is 0.200. The van der Waals surface area contributed by atoms with Crippen LogP contribution in [0.2, 0.25) is 0 Å². The average molecular weight is 364 g/mol. The van der Waals surface area contributed by atoms with Gasteiger partial charge in [-0.3, -0.25) is 19.9 Å². The number of benzene rings is 1. The topological polar surface area (TPSA) is 123 Å². The molecular weight excluding hydrogens is 348 g/mol. The van der Waals surface area contributed by atoms with Gasteiger partial charge in [-0.05, 0) is 25.1 Å². The third kappa shape index (κ3) is 4.37. The van der Waals surface area contributed by atoms with Crippen molar-refractivity contribution in [2.45, 2.75) is 11.8 Å². The van der Waals surface area contributed by atoms with E-state index in [0.29, 0.717) is 5.56 Å². The van der Waals surface area contributed by atoms with Crippen LogP contribution in [-0.2, 0) is 14.8 Å². The first kappa shape index (κ1) is 18.5. The van der Waals surface area contributed by atoms with Gasteiger partial charge in [-0.15, -0.1) is 0 Å². The minimum Gasteiger partial charge on any atom is -0.325 e. The molecule has 0 saturated carbocycles. The summed E-state index contributed by atoms with van der Waals surface area (Å²) in [6, 6.07) is 7.09. The van der Waals surface area contributed by atoms with Gasteiger partial charge >= 0.3 is 0 Å². The van der Waals surface area contributed by atoms with Crippen LogP contribution in [0.1, 0.15) is 5.56 Å². The molecule has 1 amide bonds. The molecule has 0 bridgehead atoms. The third-order valence-corrected chi connectivity index (χ3v) is 5.19. The number of anilines is 1. The molecule has 0 atom stereocenters. The lowest BCUT2D eigenvalue weighted by Gasteiger charge is -2.16. The zero-order valence-electron chi connectivity index (χ0n) is 13.5. The molecule has 0 aliphatic rings. The number of aromatic nitrogens is 1. The van der Waals surface area contributed by atoms with Crippen molar-refractivity contribution in [2.75, 3.05) is 18.9 Å². The number of hydrogen-bond acceptors (Lipinski definition) is 6. The molecule has 10 heteroatoms. The second-order valence-corrected chi connectivity index (χ2v) is 7.30. The molecule has 1 N–H and O–H groups in total. The highest BCUT2D eigenvalue weighted by Crippen LogP contribution is 2.22. The van der Waals surface area contributed by atoms with E-state index < -0.39 is 27.4 Å². The van der Waals surface area contributed by atoms with Gasteiger partial charge in [0.1, 0.15) is 4.90 Å². The SMILES string of the molecule is Cc1ccc(NC(=O)CN(C)S(=O)(=O)c2cccnc2)cc1[N+](=O)[O-]. The number of aryl methyl sites for hydroxylation is 1. The van der Waals surface area contributed by atoms with Gasteiger partial charge in [-0.25, -0.2) is 8.42 Å². The molecule has 0 saturated heterocycles. The van der Waals surface area contributed by atoms with Crippen molar-refractivity contribution in [3.8, 4) is 0 Å². The first-order chi connectivity index (χ1) is 11.7. The predicted octanol–water partition coefficient (Wildman–Crippen LogP) is 1.56. The molecule has 132 valence electrons. The summed E-state index contributed by atoms with van der Waals surface area (Å²) in [6.07, 6.45) is 2.63. The third-order valence-electron chi connectivity index (χ3n) is 3.40. The molecule has 2 rings (SSSR count).